The van der Waals surface area contributed by atoms with E-state index in [9.17, 15) is 10.1 Å². The Balaban J connectivity index is 2.80. The van der Waals surface area contributed by atoms with Crippen molar-refractivity contribution in [3.8, 4) is 0 Å². The van der Waals surface area contributed by atoms with E-state index in [0.29, 0.717) is 18.7 Å². The second-order valence-corrected chi connectivity index (χ2v) is 3.96. The minimum atomic E-state index is -0.408. The van der Waals surface area contributed by atoms with Crippen molar-refractivity contribution < 1.29 is 10.0 Å². The van der Waals surface area contributed by atoms with Crippen LogP contribution in [0, 0.1) is 10.1 Å². The Labute approximate surface area is 106 Å². The van der Waals surface area contributed by atoms with Crippen molar-refractivity contribution >= 4 is 17.1 Å². The van der Waals surface area contributed by atoms with Crippen LogP contribution in [0.4, 0.5) is 17.1 Å². The number of non-ortho nitro benzene ring substituents is 1. The molecule has 0 aliphatic heterocycles. The average molecular weight is 253 g/mol. The second kappa shape index (κ2) is 7.50. The maximum atomic E-state index is 10.8. The molecular weight excluding hydrogens is 234 g/mol. The van der Waals surface area contributed by atoms with Crippen LogP contribution < -0.4 is 10.6 Å². The zero-order chi connectivity index (χ0) is 13.4. The summed E-state index contributed by atoms with van der Waals surface area (Å²) in [7, 11) is 0. The summed E-state index contributed by atoms with van der Waals surface area (Å²) in [5.74, 6) is 0. The highest BCUT2D eigenvalue weighted by molar-refractivity contribution is 5.63. The maximum Gasteiger partial charge on any atom is 0.273 e. The van der Waals surface area contributed by atoms with E-state index in [0.717, 1.165) is 18.7 Å². The number of benzene rings is 1. The van der Waals surface area contributed by atoms with E-state index in [2.05, 4.69) is 10.6 Å². The van der Waals surface area contributed by atoms with Crippen LogP contribution in [0.5, 0.6) is 0 Å². The second-order valence-electron chi connectivity index (χ2n) is 3.96. The lowest BCUT2D eigenvalue weighted by Gasteiger charge is -2.09. The number of nitro groups is 1. The molecule has 0 spiro atoms. The molecule has 0 fully saturated rings. The Bertz CT molecular complexity index is 396. The van der Waals surface area contributed by atoms with Crippen LogP contribution in [-0.4, -0.2) is 29.7 Å². The van der Waals surface area contributed by atoms with E-state index >= 15 is 0 Å². The van der Waals surface area contributed by atoms with Crippen molar-refractivity contribution in [1.29, 1.82) is 0 Å². The van der Waals surface area contributed by atoms with Gasteiger partial charge in [0.15, 0.2) is 0 Å². The smallest absolute Gasteiger partial charge is 0.273 e. The summed E-state index contributed by atoms with van der Waals surface area (Å²) in [4.78, 5) is 10.4. The summed E-state index contributed by atoms with van der Waals surface area (Å²) in [6.07, 6.45) is 1.57. The van der Waals surface area contributed by atoms with Crippen molar-refractivity contribution in [1.82, 2.24) is 0 Å². The Morgan fingerprint density at radius 3 is 2.33 bits per heavy atom. The van der Waals surface area contributed by atoms with Crippen LogP contribution in [0.15, 0.2) is 18.2 Å². The van der Waals surface area contributed by atoms with Crippen LogP contribution in [0.25, 0.3) is 0 Å². The zero-order valence-electron chi connectivity index (χ0n) is 10.5. The third-order valence-corrected chi connectivity index (χ3v) is 2.37. The lowest BCUT2D eigenvalue weighted by atomic mass is 10.2. The molecule has 0 unspecified atom stereocenters. The van der Waals surface area contributed by atoms with Gasteiger partial charge in [0, 0.05) is 43.2 Å². The predicted octanol–water partition coefficient (Wildman–Crippen LogP) is 2.21. The van der Waals surface area contributed by atoms with E-state index in [1.807, 2.05) is 13.0 Å². The maximum absolute atomic E-state index is 10.8. The molecule has 6 nitrogen and oxygen atoms in total. The monoisotopic (exact) mass is 253 g/mol. The fraction of sp³-hybridized carbons (Fsp3) is 0.500. The van der Waals surface area contributed by atoms with Gasteiger partial charge in [-0.3, -0.25) is 10.1 Å². The molecule has 0 amide bonds. The first-order valence-corrected chi connectivity index (χ1v) is 6.05. The van der Waals surface area contributed by atoms with Crippen molar-refractivity contribution in [2.24, 2.45) is 0 Å². The third-order valence-electron chi connectivity index (χ3n) is 2.37. The molecule has 0 aliphatic rings. The molecule has 0 bridgehead atoms. The highest BCUT2D eigenvalue weighted by Gasteiger charge is 2.09. The number of aliphatic hydroxyl groups excluding tert-OH is 1. The Kier molecular flexibility index (Phi) is 5.93. The summed E-state index contributed by atoms with van der Waals surface area (Å²) < 4.78 is 0. The first-order chi connectivity index (χ1) is 8.67. The Morgan fingerprint density at radius 2 is 1.83 bits per heavy atom. The molecule has 1 rings (SSSR count). The number of hydrogen-bond acceptors (Lipinski definition) is 5. The number of hydrogen-bond donors (Lipinski definition) is 3. The van der Waals surface area contributed by atoms with Gasteiger partial charge in [0.25, 0.3) is 5.69 Å². The fourth-order valence-corrected chi connectivity index (χ4v) is 1.50. The van der Waals surface area contributed by atoms with Gasteiger partial charge in [-0.1, -0.05) is 6.92 Å². The van der Waals surface area contributed by atoms with Gasteiger partial charge < -0.3 is 15.7 Å². The average Bonchev–Trinajstić information content (AvgIpc) is 2.36. The summed E-state index contributed by atoms with van der Waals surface area (Å²) in [6, 6.07) is 4.85. The number of nitrogens with one attached hydrogen (secondary N) is 2. The molecule has 1 aromatic rings. The molecule has 0 saturated carbocycles. The first-order valence-electron chi connectivity index (χ1n) is 6.05. The highest BCUT2D eigenvalue weighted by atomic mass is 16.6. The lowest BCUT2D eigenvalue weighted by Crippen LogP contribution is -2.06. The normalized spacial score (nSPS) is 10.1. The highest BCUT2D eigenvalue weighted by Crippen LogP contribution is 2.24. The summed E-state index contributed by atoms with van der Waals surface area (Å²) in [5, 5.41) is 25.7. The van der Waals surface area contributed by atoms with Gasteiger partial charge in [-0.25, -0.2) is 0 Å². The molecule has 6 heteroatoms. The summed E-state index contributed by atoms with van der Waals surface area (Å²) in [5.41, 5.74) is 1.48. The van der Waals surface area contributed by atoms with Gasteiger partial charge in [0.05, 0.1) is 4.92 Å². The van der Waals surface area contributed by atoms with Gasteiger partial charge in [-0.15, -0.1) is 0 Å². The molecule has 0 aromatic heterocycles. The molecule has 100 valence electrons. The topological polar surface area (TPSA) is 87.4 Å². The fourth-order valence-electron chi connectivity index (χ4n) is 1.50. The van der Waals surface area contributed by atoms with Crippen molar-refractivity contribution in [2.45, 2.75) is 19.8 Å². The summed E-state index contributed by atoms with van der Waals surface area (Å²) >= 11 is 0. The van der Waals surface area contributed by atoms with Gasteiger partial charge >= 0.3 is 0 Å². The van der Waals surface area contributed by atoms with Crippen molar-refractivity contribution in [3.63, 3.8) is 0 Å². The first kappa shape index (κ1) is 14.2. The molecule has 0 atom stereocenters. The Hall–Kier alpha value is -1.82. The van der Waals surface area contributed by atoms with Gasteiger partial charge in [0.1, 0.15) is 0 Å². The van der Waals surface area contributed by atoms with E-state index in [1.165, 1.54) is 12.1 Å². The molecule has 18 heavy (non-hydrogen) atoms. The SMILES string of the molecule is CCCNc1cc(NCCCO)cc([N+](=O)[O-])c1. The van der Waals surface area contributed by atoms with E-state index in [4.69, 9.17) is 5.11 Å². The van der Waals surface area contributed by atoms with Crippen LogP contribution in [-0.2, 0) is 0 Å². The number of nitro benzene ring substituents is 1. The predicted molar refractivity (Wildman–Crippen MR) is 72.1 cm³/mol. The molecule has 0 radical (unpaired) electrons. The third kappa shape index (κ3) is 4.58. The molecule has 3 N–H and O–H groups in total. The van der Waals surface area contributed by atoms with E-state index < -0.39 is 4.92 Å². The number of nitrogens with zero attached hydrogens (tertiary/aromatic N) is 1. The molecule has 0 saturated heterocycles. The van der Waals surface area contributed by atoms with Gasteiger partial charge in [-0.05, 0) is 18.9 Å². The molecule has 0 aliphatic carbocycles. The molecular formula is C12H19N3O3. The number of anilines is 2. The van der Waals surface area contributed by atoms with Crippen LogP contribution >= 0.6 is 0 Å². The van der Waals surface area contributed by atoms with Gasteiger partial charge in [0.2, 0.25) is 0 Å². The van der Waals surface area contributed by atoms with Crippen molar-refractivity contribution in [3.05, 3.63) is 28.3 Å². The zero-order valence-corrected chi connectivity index (χ0v) is 10.5. The lowest BCUT2D eigenvalue weighted by molar-refractivity contribution is -0.384. The van der Waals surface area contributed by atoms with E-state index in [1.54, 1.807) is 0 Å². The molecule has 0 heterocycles. The van der Waals surface area contributed by atoms with Crippen molar-refractivity contribution in [2.75, 3.05) is 30.3 Å². The minimum Gasteiger partial charge on any atom is -0.396 e. The standard InChI is InChI=1S/C12H19N3O3/c1-2-4-13-10-7-11(14-5-3-6-16)9-12(8-10)15(17)18/h7-9,13-14,16H,2-6H2,1H3. The van der Waals surface area contributed by atoms with Crippen LogP contribution in [0.3, 0.4) is 0 Å². The van der Waals surface area contributed by atoms with Crippen LogP contribution in [0.2, 0.25) is 0 Å². The summed E-state index contributed by atoms with van der Waals surface area (Å²) in [6.45, 7) is 3.50. The number of rotatable bonds is 8. The van der Waals surface area contributed by atoms with Gasteiger partial charge in [-0.2, -0.15) is 0 Å². The van der Waals surface area contributed by atoms with Crippen LogP contribution in [0.1, 0.15) is 19.8 Å². The molecule has 1 aromatic carbocycles. The van der Waals surface area contributed by atoms with E-state index in [-0.39, 0.29) is 12.3 Å². The number of aliphatic hydroxyl groups is 1. The Morgan fingerprint density at radius 1 is 1.22 bits per heavy atom. The largest absolute Gasteiger partial charge is 0.396 e. The minimum absolute atomic E-state index is 0.0580. The quantitative estimate of drug-likeness (QED) is 0.375.